The van der Waals surface area contributed by atoms with E-state index in [1.54, 1.807) is 17.1 Å². The third-order valence-electron chi connectivity index (χ3n) is 4.67. The first kappa shape index (κ1) is 19.0. The van der Waals surface area contributed by atoms with E-state index in [0.717, 1.165) is 23.4 Å². The van der Waals surface area contributed by atoms with Crippen molar-refractivity contribution < 1.29 is 9.57 Å². The lowest BCUT2D eigenvalue weighted by molar-refractivity contribution is 0.130. The zero-order valence-electron chi connectivity index (χ0n) is 16.7. The molecule has 0 saturated heterocycles. The molecule has 0 amide bonds. The molecule has 2 aromatic heterocycles. The average molecular weight is 392 g/mol. The molecule has 3 aromatic rings. The first-order chi connectivity index (χ1) is 14.2. The van der Waals surface area contributed by atoms with E-state index >= 15 is 0 Å². The van der Waals surface area contributed by atoms with E-state index in [1.807, 2.05) is 25.1 Å². The van der Waals surface area contributed by atoms with Crippen molar-refractivity contribution in [2.75, 3.05) is 0 Å². The maximum absolute atomic E-state index is 5.65. The number of benzene rings is 1. The molecular weight excluding hydrogens is 368 g/mol. The molecule has 0 aliphatic heterocycles. The van der Waals surface area contributed by atoms with Crippen molar-refractivity contribution in [3.63, 3.8) is 0 Å². The molecule has 8 heteroatoms. The van der Waals surface area contributed by atoms with E-state index in [2.05, 4.69) is 44.6 Å². The first-order valence-corrected chi connectivity index (χ1v) is 9.74. The Morgan fingerprint density at radius 1 is 1.14 bits per heavy atom. The molecule has 1 fully saturated rings. The maximum Gasteiger partial charge on any atom is 0.213 e. The van der Waals surface area contributed by atoms with Crippen molar-refractivity contribution in [3.05, 3.63) is 65.1 Å². The Balaban J connectivity index is 1.26. The van der Waals surface area contributed by atoms with E-state index in [1.165, 1.54) is 18.4 Å². The molecular formula is C21H24N6O2. The first-order valence-electron chi connectivity index (χ1n) is 9.74. The Labute approximate surface area is 169 Å². The van der Waals surface area contributed by atoms with Crippen LogP contribution in [0.5, 0.6) is 5.88 Å². The summed E-state index contributed by atoms with van der Waals surface area (Å²) in [7, 11) is 0. The van der Waals surface area contributed by atoms with Gasteiger partial charge in [-0.25, -0.2) is 4.98 Å². The van der Waals surface area contributed by atoms with Gasteiger partial charge in [0.2, 0.25) is 11.7 Å². The van der Waals surface area contributed by atoms with Gasteiger partial charge in [0.25, 0.3) is 0 Å². The van der Waals surface area contributed by atoms with Gasteiger partial charge in [0.1, 0.15) is 6.61 Å². The lowest BCUT2D eigenvalue weighted by Crippen LogP contribution is -2.05. The summed E-state index contributed by atoms with van der Waals surface area (Å²) in [6.45, 7) is 5.45. The van der Waals surface area contributed by atoms with Gasteiger partial charge in [-0.2, -0.15) is 4.80 Å². The van der Waals surface area contributed by atoms with Crippen LogP contribution in [0.1, 0.15) is 42.3 Å². The Bertz CT molecular complexity index is 962. The van der Waals surface area contributed by atoms with Crippen LogP contribution in [0.15, 0.2) is 47.8 Å². The Hall–Kier alpha value is -3.29. The van der Waals surface area contributed by atoms with Crippen molar-refractivity contribution in [1.82, 2.24) is 25.2 Å². The van der Waals surface area contributed by atoms with Gasteiger partial charge in [0, 0.05) is 17.8 Å². The van der Waals surface area contributed by atoms with Crippen LogP contribution in [0, 0.1) is 12.8 Å². The number of rotatable bonds is 9. The van der Waals surface area contributed by atoms with Crippen molar-refractivity contribution in [2.24, 2.45) is 11.1 Å². The molecule has 2 heterocycles. The number of nitrogens with zero attached hydrogens (tertiary/aromatic N) is 6. The second kappa shape index (κ2) is 8.81. The molecule has 0 N–H and O–H groups in total. The molecule has 1 saturated carbocycles. The quantitative estimate of drug-likeness (QED) is 0.410. The molecule has 1 aliphatic carbocycles. The zero-order chi connectivity index (χ0) is 20.1. The molecule has 1 aliphatic rings. The molecule has 8 nitrogen and oxygen atoms in total. The van der Waals surface area contributed by atoms with E-state index in [4.69, 9.17) is 9.57 Å². The number of aromatic nitrogens is 5. The highest BCUT2D eigenvalue weighted by molar-refractivity contribution is 5.98. The SMILES string of the molecule is C/C(=N\OCc1ccc(C)cc1)c1ccc(OCc2nnn(CC3CC3)n2)nc1. The lowest BCUT2D eigenvalue weighted by atomic mass is 10.2. The predicted molar refractivity (Wildman–Crippen MR) is 107 cm³/mol. The van der Waals surface area contributed by atoms with Crippen LogP contribution in [-0.2, 0) is 24.6 Å². The van der Waals surface area contributed by atoms with Gasteiger partial charge < -0.3 is 9.57 Å². The normalized spacial score (nSPS) is 14.1. The summed E-state index contributed by atoms with van der Waals surface area (Å²) in [5.74, 6) is 1.76. The summed E-state index contributed by atoms with van der Waals surface area (Å²) < 4.78 is 5.65. The highest BCUT2D eigenvalue weighted by atomic mass is 16.6. The van der Waals surface area contributed by atoms with Gasteiger partial charge in [-0.3, -0.25) is 0 Å². The summed E-state index contributed by atoms with van der Waals surface area (Å²) in [4.78, 5) is 11.4. The topological polar surface area (TPSA) is 87.3 Å². The number of hydrogen-bond donors (Lipinski definition) is 0. The fourth-order valence-electron chi connectivity index (χ4n) is 2.70. The van der Waals surface area contributed by atoms with Gasteiger partial charge in [0.05, 0.1) is 12.3 Å². The molecule has 0 unspecified atom stereocenters. The largest absolute Gasteiger partial charge is 0.469 e. The molecule has 0 spiro atoms. The second-order valence-electron chi connectivity index (χ2n) is 7.31. The molecule has 29 heavy (non-hydrogen) atoms. The molecule has 0 atom stereocenters. The third kappa shape index (κ3) is 5.60. The Kier molecular flexibility index (Phi) is 5.79. The monoisotopic (exact) mass is 392 g/mol. The number of aryl methyl sites for hydroxylation is 1. The average Bonchev–Trinajstić information content (AvgIpc) is 3.44. The van der Waals surface area contributed by atoms with Crippen LogP contribution in [0.25, 0.3) is 0 Å². The number of tetrazole rings is 1. The molecule has 0 radical (unpaired) electrons. The molecule has 1 aromatic carbocycles. The fourth-order valence-corrected chi connectivity index (χ4v) is 2.70. The summed E-state index contributed by atoms with van der Waals surface area (Å²) in [5, 5.41) is 16.6. The van der Waals surface area contributed by atoms with E-state index in [9.17, 15) is 0 Å². The number of pyridine rings is 1. The summed E-state index contributed by atoms with van der Waals surface area (Å²) >= 11 is 0. The fraction of sp³-hybridized carbons (Fsp3) is 0.381. The Morgan fingerprint density at radius 2 is 1.97 bits per heavy atom. The van der Waals surface area contributed by atoms with Crippen molar-refractivity contribution in [3.8, 4) is 5.88 Å². The standard InChI is InChI=1S/C21H24N6O2/c1-15-3-5-18(6-4-15)13-29-25-16(2)19-9-10-21(22-11-19)28-14-20-23-26-27(24-20)12-17-7-8-17/h3-6,9-11,17H,7-8,12-14H2,1-2H3/b25-16+. The van der Waals surface area contributed by atoms with Crippen LogP contribution in [0.2, 0.25) is 0 Å². The van der Waals surface area contributed by atoms with E-state index in [-0.39, 0.29) is 6.61 Å². The van der Waals surface area contributed by atoms with Crippen LogP contribution >= 0.6 is 0 Å². The van der Waals surface area contributed by atoms with Gasteiger partial charge in [-0.05, 0) is 49.5 Å². The van der Waals surface area contributed by atoms with Crippen LogP contribution in [-0.4, -0.2) is 30.9 Å². The minimum Gasteiger partial charge on any atom is -0.469 e. The number of oxime groups is 1. The lowest BCUT2D eigenvalue weighted by Gasteiger charge is -2.05. The van der Waals surface area contributed by atoms with Gasteiger partial charge in [-0.15, -0.1) is 10.2 Å². The molecule has 150 valence electrons. The van der Waals surface area contributed by atoms with Crippen molar-refractivity contribution in [2.45, 2.75) is 46.4 Å². The van der Waals surface area contributed by atoms with Crippen LogP contribution in [0.3, 0.4) is 0 Å². The van der Waals surface area contributed by atoms with Crippen molar-refractivity contribution in [1.29, 1.82) is 0 Å². The minimum absolute atomic E-state index is 0.240. The van der Waals surface area contributed by atoms with E-state index < -0.39 is 0 Å². The number of ether oxygens (including phenoxy) is 1. The van der Waals surface area contributed by atoms with Crippen LogP contribution in [0.4, 0.5) is 0 Å². The zero-order valence-corrected chi connectivity index (χ0v) is 16.7. The summed E-state index contributed by atoms with van der Waals surface area (Å²) in [5.41, 5.74) is 3.92. The minimum atomic E-state index is 0.240. The summed E-state index contributed by atoms with van der Waals surface area (Å²) in [6, 6.07) is 11.9. The Morgan fingerprint density at radius 3 is 2.69 bits per heavy atom. The molecule has 4 rings (SSSR count). The van der Waals surface area contributed by atoms with Gasteiger partial charge in [0.15, 0.2) is 6.61 Å². The van der Waals surface area contributed by atoms with Crippen LogP contribution < -0.4 is 4.74 Å². The number of hydrogen-bond acceptors (Lipinski definition) is 7. The summed E-state index contributed by atoms with van der Waals surface area (Å²) in [6.07, 6.45) is 4.22. The third-order valence-corrected chi connectivity index (χ3v) is 4.67. The smallest absolute Gasteiger partial charge is 0.213 e. The maximum atomic E-state index is 5.65. The van der Waals surface area contributed by atoms with Gasteiger partial charge in [-0.1, -0.05) is 35.0 Å². The van der Waals surface area contributed by atoms with E-state index in [0.29, 0.717) is 24.2 Å². The van der Waals surface area contributed by atoms with Gasteiger partial charge >= 0.3 is 0 Å². The second-order valence-corrected chi connectivity index (χ2v) is 7.31. The predicted octanol–water partition coefficient (Wildman–Crippen LogP) is 3.31. The van der Waals surface area contributed by atoms with Crippen molar-refractivity contribution >= 4 is 5.71 Å². The highest BCUT2D eigenvalue weighted by Crippen LogP contribution is 2.29. The molecule has 0 bridgehead atoms. The highest BCUT2D eigenvalue weighted by Gasteiger charge is 2.23.